The van der Waals surface area contributed by atoms with Crippen LogP contribution in [-0.2, 0) is 32.6 Å². The Morgan fingerprint density at radius 2 is 1.56 bits per heavy atom. The van der Waals surface area contributed by atoms with Crippen LogP contribution in [0.1, 0.15) is 44.2 Å². The number of nitrogens with one attached hydrogen (secondary N) is 1. The third-order valence-electron chi connectivity index (χ3n) is 6.94. The number of hydrogen-bond donors (Lipinski definition) is 1. The number of carbonyl (C=O) groups excluding carboxylic acids is 2. The standard InChI is InChI=1S/C31H35Cl4N3O4S/c1-4-21(2)36-31(40)29(18-22-9-6-5-7-10-22)37(20-23-12-14-25(33)27(35)17-23)30(39)11-8-16-38(43(3,41)42)28-19-24(32)13-15-26(28)34/h5-7,9-10,12-15,17,19,21,29H,4,8,11,16,18,20H2,1-3H3,(H,36,40). The average Bonchev–Trinajstić information content (AvgIpc) is 2.96. The Morgan fingerprint density at radius 3 is 2.19 bits per heavy atom. The molecule has 2 atom stereocenters. The van der Waals surface area contributed by atoms with Crippen molar-refractivity contribution >= 4 is 73.9 Å². The van der Waals surface area contributed by atoms with Gasteiger partial charge in [-0.15, -0.1) is 0 Å². The van der Waals surface area contributed by atoms with Crippen molar-refractivity contribution in [2.75, 3.05) is 17.1 Å². The quantitative estimate of drug-likeness (QED) is 0.192. The first-order valence-electron chi connectivity index (χ1n) is 13.8. The lowest BCUT2D eigenvalue weighted by atomic mass is 10.0. The normalized spacial score (nSPS) is 12.8. The van der Waals surface area contributed by atoms with Crippen LogP contribution in [-0.4, -0.2) is 50.0 Å². The highest BCUT2D eigenvalue weighted by atomic mass is 35.5. The van der Waals surface area contributed by atoms with E-state index >= 15 is 0 Å². The van der Waals surface area contributed by atoms with Crippen molar-refractivity contribution in [1.82, 2.24) is 10.2 Å². The van der Waals surface area contributed by atoms with Crippen LogP contribution in [0, 0.1) is 0 Å². The van der Waals surface area contributed by atoms with Gasteiger partial charge in [-0.2, -0.15) is 0 Å². The molecule has 0 aliphatic carbocycles. The molecule has 3 aromatic rings. The second-order valence-corrected chi connectivity index (χ2v) is 13.9. The number of sulfonamides is 1. The van der Waals surface area contributed by atoms with Crippen molar-refractivity contribution in [2.24, 2.45) is 0 Å². The van der Waals surface area contributed by atoms with Crippen LogP contribution in [0.5, 0.6) is 0 Å². The number of carbonyl (C=O) groups is 2. The van der Waals surface area contributed by atoms with Crippen molar-refractivity contribution in [3.63, 3.8) is 0 Å². The molecule has 3 aromatic carbocycles. The van der Waals surface area contributed by atoms with E-state index in [-0.39, 0.29) is 60.9 Å². The summed E-state index contributed by atoms with van der Waals surface area (Å²) in [5.74, 6) is -0.605. The summed E-state index contributed by atoms with van der Waals surface area (Å²) in [5.41, 5.74) is 1.81. The molecule has 3 rings (SSSR count). The smallest absolute Gasteiger partial charge is 0.243 e. The maximum Gasteiger partial charge on any atom is 0.243 e. The van der Waals surface area contributed by atoms with Crippen molar-refractivity contribution < 1.29 is 18.0 Å². The molecule has 12 heteroatoms. The Hall–Kier alpha value is -2.49. The van der Waals surface area contributed by atoms with Gasteiger partial charge in [0.2, 0.25) is 21.8 Å². The molecule has 43 heavy (non-hydrogen) atoms. The average molecular weight is 688 g/mol. The first-order valence-corrected chi connectivity index (χ1v) is 17.2. The minimum atomic E-state index is -3.75. The SMILES string of the molecule is CCC(C)NC(=O)C(Cc1ccccc1)N(Cc1ccc(Cl)c(Cl)c1)C(=O)CCCN(c1cc(Cl)ccc1Cl)S(C)(=O)=O. The zero-order valence-corrected chi connectivity index (χ0v) is 28.0. The lowest BCUT2D eigenvalue weighted by Gasteiger charge is -2.33. The topological polar surface area (TPSA) is 86.8 Å². The molecule has 2 unspecified atom stereocenters. The Kier molecular flexibility index (Phi) is 13.0. The maximum atomic E-state index is 14.0. The lowest BCUT2D eigenvalue weighted by molar-refractivity contribution is -0.141. The summed E-state index contributed by atoms with van der Waals surface area (Å²) in [6.45, 7) is 3.95. The molecule has 0 aromatic heterocycles. The predicted molar refractivity (Wildman–Crippen MR) is 177 cm³/mol. The molecule has 1 N–H and O–H groups in total. The van der Waals surface area contributed by atoms with E-state index in [1.807, 2.05) is 44.2 Å². The van der Waals surface area contributed by atoms with E-state index in [0.29, 0.717) is 20.6 Å². The summed E-state index contributed by atoms with van der Waals surface area (Å²) < 4.78 is 26.5. The number of rotatable bonds is 14. The number of anilines is 1. The lowest BCUT2D eigenvalue weighted by Crippen LogP contribution is -2.52. The molecule has 0 bridgehead atoms. The van der Waals surface area contributed by atoms with E-state index in [1.165, 1.54) is 17.0 Å². The van der Waals surface area contributed by atoms with E-state index in [4.69, 9.17) is 46.4 Å². The fourth-order valence-electron chi connectivity index (χ4n) is 4.49. The van der Waals surface area contributed by atoms with Gasteiger partial charge in [0.1, 0.15) is 6.04 Å². The van der Waals surface area contributed by atoms with Crippen LogP contribution in [0.2, 0.25) is 20.1 Å². The van der Waals surface area contributed by atoms with Gasteiger partial charge in [-0.05, 0) is 61.2 Å². The van der Waals surface area contributed by atoms with Gasteiger partial charge in [0.25, 0.3) is 0 Å². The Bertz CT molecular complexity index is 1520. The highest BCUT2D eigenvalue weighted by Gasteiger charge is 2.31. The second-order valence-electron chi connectivity index (χ2n) is 10.3. The van der Waals surface area contributed by atoms with Crippen LogP contribution in [0.3, 0.4) is 0 Å². The number of hydrogen-bond acceptors (Lipinski definition) is 4. The van der Waals surface area contributed by atoms with Gasteiger partial charge < -0.3 is 10.2 Å². The first kappa shape index (κ1) is 35.0. The monoisotopic (exact) mass is 685 g/mol. The van der Waals surface area contributed by atoms with Crippen LogP contribution in [0.4, 0.5) is 5.69 Å². The zero-order valence-electron chi connectivity index (χ0n) is 24.2. The third-order valence-corrected chi connectivity index (χ3v) is 9.41. The van der Waals surface area contributed by atoms with Crippen molar-refractivity contribution in [3.8, 4) is 0 Å². The molecule has 0 radical (unpaired) electrons. The van der Waals surface area contributed by atoms with E-state index in [2.05, 4.69) is 5.32 Å². The van der Waals surface area contributed by atoms with Gasteiger partial charge in [0.15, 0.2) is 0 Å². The van der Waals surface area contributed by atoms with Gasteiger partial charge in [-0.3, -0.25) is 13.9 Å². The van der Waals surface area contributed by atoms with Crippen LogP contribution in [0.15, 0.2) is 66.7 Å². The Labute approximate surface area is 274 Å². The summed E-state index contributed by atoms with van der Waals surface area (Å²) in [5, 5.41) is 4.27. The molecular formula is C31H35Cl4N3O4S. The van der Waals surface area contributed by atoms with Crippen LogP contribution < -0.4 is 9.62 Å². The van der Waals surface area contributed by atoms with Gasteiger partial charge >= 0.3 is 0 Å². The number of benzene rings is 3. The van der Waals surface area contributed by atoms with Gasteiger partial charge in [-0.25, -0.2) is 8.42 Å². The second kappa shape index (κ2) is 16.0. The van der Waals surface area contributed by atoms with E-state index < -0.39 is 16.1 Å². The zero-order chi connectivity index (χ0) is 31.7. The fourth-order valence-corrected chi connectivity index (χ4v) is 6.21. The molecule has 0 heterocycles. The summed E-state index contributed by atoms with van der Waals surface area (Å²) in [4.78, 5) is 29.2. The van der Waals surface area contributed by atoms with Gasteiger partial charge in [0.05, 0.1) is 27.0 Å². The molecule has 7 nitrogen and oxygen atoms in total. The van der Waals surface area contributed by atoms with Crippen LogP contribution >= 0.6 is 46.4 Å². The summed E-state index contributed by atoms with van der Waals surface area (Å²) in [7, 11) is -3.75. The first-order chi connectivity index (χ1) is 20.3. The van der Waals surface area contributed by atoms with Gasteiger partial charge in [0, 0.05) is 37.0 Å². The number of amides is 2. The Morgan fingerprint density at radius 1 is 0.884 bits per heavy atom. The van der Waals surface area contributed by atoms with Crippen molar-refractivity contribution in [3.05, 3.63) is 97.9 Å². The fraction of sp³-hybridized carbons (Fsp3) is 0.355. The maximum absolute atomic E-state index is 14.0. The van der Waals surface area contributed by atoms with Crippen molar-refractivity contribution in [2.45, 2.75) is 58.2 Å². The number of nitrogens with zero attached hydrogens (tertiary/aromatic N) is 2. The largest absolute Gasteiger partial charge is 0.352 e. The molecular weight excluding hydrogens is 652 g/mol. The van der Waals surface area contributed by atoms with E-state index in [1.54, 1.807) is 24.3 Å². The van der Waals surface area contributed by atoms with Crippen LogP contribution in [0.25, 0.3) is 0 Å². The molecule has 0 saturated carbocycles. The molecule has 0 fully saturated rings. The summed E-state index contributed by atoms with van der Waals surface area (Å²) >= 11 is 24.8. The minimum absolute atomic E-state index is 0.0202. The van der Waals surface area contributed by atoms with Crippen molar-refractivity contribution in [1.29, 1.82) is 0 Å². The predicted octanol–water partition coefficient (Wildman–Crippen LogP) is 7.40. The Balaban J connectivity index is 1.93. The number of halogens is 4. The molecule has 0 aliphatic heterocycles. The van der Waals surface area contributed by atoms with Gasteiger partial charge in [-0.1, -0.05) is 89.7 Å². The summed E-state index contributed by atoms with van der Waals surface area (Å²) in [6, 6.07) is 18.1. The molecule has 0 aliphatic rings. The third kappa shape index (κ3) is 10.3. The highest BCUT2D eigenvalue weighted by Crippen LogP contribution is 2.31. The van der Waals surface area contributed by atoms with E-state index in [0.717, 1.165) is 22.5 Å². The molecule has 0 spiro atoms. The minimum Gasteiger partial charge on any atom is -0.352 e. The van der Waals surface area contributed by atoms with E-state index in [9.17, 15) is 18.0 Å². The molecule has 232 valence electrons. The summed E-state index contributed by atoms with van der Waals surface area (Å²) in [6.07, 6.45) is 2.20. The molecule has 0 saturated heterocycles. The highest BCUT2D eigenvalue weighted by molar-refractivity contribution is 7.92. The molecule has 2 amide bonds.